The summed E-state index contributed by atoms with van der Waals surface area (Å²) >= 11 is 0. The predicted octanol–water partition coefficient (Wildman–Crippen LogP) is 1.60. The molecule has 0 amide bonds. The highest BCUT2D eigenvalue weighted by Crippen LogP contribution is 2.22. The third-order valence-electron chi connectivity index (χ3n) is 3.11. The van der Waals surface area contributed by atoms with Crippen molar-refractivity contribution in [2.24, 2.45) is 7.05 Å². The van der Waals surface area contributed by atoms with Crippen molar-refractivity contribution < 1.29 is 0 Å². The molecule has 0 aliphatic heterocycles. The van der Waals surface area contributed by atoms with Gasteiger partial charge in [0, 0.05) is 38.5 Å². The molecule has 0 bridgehead atoms. The maximum absolute atomic E-state index is 4.59. The lowest BCUT2D eigenvalue weighted by molar-refractivity contribution is 0.546. The van der Waals surface area contributed by atoms with Crippen LogP contribution in [0.15, 0.2) is 12.4 Å². The Morgan fingerprint density at radius 3 is 2.48 bits per heavy atom. The van der Waals surface area contributed by atoms with Crippen LogP contribution in [0.5, 0.6) is 0 Å². The molecule has 21 heavy (non-hydrogen) atoms. The van der Waals surface area contributed by atoms with Gasteiger partial charge in [0.05, 0.1) is 0 Å². The number of rotatable bonds is 5. The first-order valence-electron chi connectivity index (χ1n) is 7.04. The topological polar surface area (TPSA) is 80.5 Å². The second-order valence-corrected chi connectivity index (χ2v) is 6.00. The van der Waals surface area contributed by atoms with Crippen LogP contribution in [-0.4, -0.2) is 38.3 Å². The normalized spacial score (nSPS) is 11.5. The van der Waals surface area contributed by atoms with Crippen LogP contribution in [0.2, 0.25) is 0 Å². The average molecular weight is 289 g/mol. The molecule has 0 aromatic carbocycles. The van der Waals surface area contributed by atoms with Gasteiger partial charge in [0.25, 0.3) is 0 Å². The van der Waals surface area contributed by atoms with Gasteiger partial charge in [-0.05, 0) is 0 Å². The van der Waals surface area contributed by atoms with Crippen LogP contribution in [0.4, 0.5) is 11.6 Å². The molecule has 2 rings (SSSR count). The summed E-state index contributed by atoms with van der Waals surface area (Å²) in [5.74, 6) is 3.40. The van der Waals surface area contributed by atoms with Crippen LogP contribution in [0.3, 0.4) is 0 Å². The van der Waals surface area contributed by atoms with E-state index in [1.54, 1.807) is 6.33 Å². The summed E-state index contributed by atoms with van der Waals surface area (Å²) in [7, 11) is 3.80. The van der Waals surface area contributed by atoms with E-state index in [2.05, 4.69) is 51.6 Å². The minimum Gasteiger partial charge on any atom is -0.373 e. The number of hydrogen-bond acceptors (Lipinski definition) is 6. The second kappa shape index (κ2) is 6.07. The van der Waals surface area contributed by atoms with Crippen LogP contribution in [0, 0.1) is 0 Å². The number of anilines is 2. The molecule has 7 nitrogen and oxygen atoms in total. The highest BCUT2D eigenvalue weighted by atomic mass is 15.2. The Labute approximate surface area is 125 Å². The number of nitrogens with zero attached hydrogens (tertiary/aromatic N) is 5. The lowest BCUT2D eigenvalue weighted by atomic mass is 9.96. The number of aryl methyl sites for hydroxylation is 1. The molecule has 0 atom stereocenters. The molecule has 0 saturated heterocycles. The molecular weight excluding hydrogens is 266 g/mol. The molecule has 0 aliphatic carbocycles. The van der Waals surface area contributed by atoms with Crippen molar-refractivity contribution in [2.75, 3.05) is 24.2 Å². The standard InChI is InChI=1S/C14H23N7/c1-14(2,3)13-18-10(15-4)8-11(19-13)16-7-6-12-20-17-9-21(12)5/h8-9H,6-7H2,1-5H3,(H2,15,16,18,19). The highest BCUT2D eigenvalue weighted by molar-refractivity contribution is 5.47. The Balaban J connectivity index is 2.07. The van der Waals surface area contributed by atoms with E-state index in [1.165, 1.54) is 0 Å². The smallest absolute Gasteiger partial charge is 0.138 e. The van der Waals surface area contributed by atoms with Gasteiger partial charge < -0.3 is 15.2 Å². The summed E-state index contributed by atoms with van der Waals surface area (Å²) in [5.41, 5.74) is -0.0904. The molecular formula is C14H23N7. The summed E-state index contributed by atoms with van der Waals surface area (Å²) in [6, 6.07) is 1.91. The van der Waals surface area contributed by atoms with E-state index in [1.807, 2.05) is 24.7 Å². The molecule has 0 unspecified atom stereocenters. The van der Waals surface area contributed by atoms with Gasteiger partial charge in [-0.2, -0.15) is 0 Å². The quantitative estimate of drug-likeness (QED) is 0.870. The zero-order valence-corrected chi connectivity index (χ0v) is 13.3. The first kappa shape index (κ1) is 15.2. The number of hydrogen-bond donors (Lipinski definition) is 2. The van der Waals surface area contributed by atoms with Crippen molar-refractivity contribution in [1.29, 1.82) is 0 Å². The van der Waals surface area contributed by atoms with E-state index in [-0.39, 0.29) is 5.41 Å². The largest absolute Gasteiger partial charge is 0.373 e. The molecule has 114 valence electrons. The van der Waals surface area contributed by atoms with E-state index in [9.17, 15) is 0 Å². The van der Waals surface area contributed by atoms with Gasteiger partial charge in [-0.15, -0.1) is 10.2 Å². The van der Waals surface area contributed by atoms with E-state index in [0.29, 0.717) is 0 Å². The lowest BCUT2D eigenvalue weighted by Crippen LogP contribution is -2.19. The van der Waals surface area contributed by atoms with E-state index in [4.69, 9.17) is 0 Å². The Morgan fingerprint density at radius 1 is 1.19 bits per heavy atom. The Hall–Kier alpha value is -2.18. The molecule has 0 radical (unpaired) electrons. The summed E-state index contributed by atoms with van der Waals surface area (Å²) < 4.78 is 1.92. The maximum atomic E-state index is 4.59. The van der Waals surface area contributed by atoms with Gasteiger partial charge in [0.15, 0.2) is 0 Å². The van der Waals surface area contributed by atoms with Crippen molar-refractivity contribution in [2.45, 2.75) is 32.6 Å². The predicted molar refractivity (Wildman–Crippen MR) is 83.5 cm³/mol. The first-order chi connectivity index (χ1) is 9.90. The summed E-state index contributed by atoms with van der Waals surface area (Å²) in [6.07, 6.45) is 2.50. The summed E-state index contributed by atoms with van der Waals surface area (Å²) in [4.78, 5) is 9.10. The van der Waals surface area contributed by atoms with E-state index in [0.717, 1.165) is 36.3 Å². The number of aromatic nitrogens is 5. The zero-order valence-electron chi connectivity index (χ0n) is 13.3. The van der Waals surface area contributed by atoms with Gasteiger partial charge in [-0.25, -0.2) is 9.97 Å². The Bertz CT molecular complexity index is 598. The molecule has 0 spiro atoms. The maximum Gasteiger partial charge on any atom is 0.138 e. The van der Waals surface area contributed by atoms with Crippen molar-refractivity contribution in [3.05, 3.63) is 24.0 Å². The van der Waals surface area contributed by atoms with Gasteiger partial charge in [-0.1, -0.05) is 20.8 Å². The number of nitrogens with one attached hydrogen (secondary N) is 2. The monoisotopic (exact) mass is 289 g/mol. The van der Waals surface area contributed by atoms with Crippen LogP contribution in [0.25, 0.3) is 0 Å². The summed E-state index contributed by atoms with van der Waals surface area (Å²) in [6.45, 7) is 7.05. The lowest BCUT2D eigenvalue weighted by Gasteiger charge is -2.18. The molecule has 2 N–H and O–H groups in total. The van der Waals surface area contributed by atoms with Crippen molar-refractivity contribution in [3.8, 4) is 0 Å². The van der Waals surface area contributed by atoms with Gasteiger partial charge in [0.1, 0.15) is 29.6 Å². The van der Waals surface area contributed by atoms with Crippen molar-refractivity contribution >= 4 is 11.6 Å². The molecule has 2 aromatic heterocycles. The average Bonchev–Trinajstić information content (AvgIpc) is 2.83. The van der Waals surface area contributed by atoms with Crippen LogP contribution in [0.1, 0.15) is 32.4 Å². The fraction of sp³-hybridized carbons (Fsp3) is 0.571. The minimum atomic E-state index is -0.0904. The fourth-order valence-electron chi connectivity index (χ4n) is 1.84. The van der Waals surface area contributed by atoms with Crippen LogP contribution >= 0.6 is 0 Å². The Morgan fingerprint density at radius 2 is 1.90 bits per heavy atom. The van der Waals surface area contributed by atoms with Gasteiger partial charge in [0.2, 0.25) is 0 Å². The van der Waals surface area contributed by atoms with Crippen LogP contribution < -0.4 is 10.6 Å². The molecule has 0 aliphatic rings. The zero-order chi connectivity index (χ0) is 15.5. The second-order valence-electron chi connectivity index (χ2n) is 6.00. The third kappa shape index (κ3) is 3.90. The molecule has 2 aromatic rings. The van der Waals surface area contributed by atoms with Crippen LogP contribution in [-0.2, 0) is 18.9 Å². The van der Waals surface area contributed by atoms with Gasteiger partial charge >= 0.3 is 0 Å². The third-order valence-corrected chi connectivity index (χ3v) is 3.11. The van der Waals surface area contributed by atoms with E-state index >= 15 is 0 Å². The molecule has 0 saturated carbocycles. The highest BCUT2D eigenvalue weighted by Gasteiger charge is 2.18. The van der Waals surface area contributed by atoms with Crippen molar-refractivity contribution in [1.82, 2.24) is 24.7 Å². The molecule has 7 heteroatoms. The van der Waals surface area contributed by atoms with Gasteiger partial charge in [-0.3, -0.25) is 0 Å². The summed E-state index contributed by atoms with van der Waals surface area (Å²) in [5, 5.41) is 14.3. The molecule has 0 fully saturated rings. The molecule has 2 heterocycles. The first-order valence-corrected chi connectivity index (χ1v) is 7.04. The fourth-order valence-corrected chi connectivity index (χ4v) is 1.84. The minimum absolute atomic E-state index is 0.0904. The van der Waals surface area contributed by atoms with Crippen molar-refractivity contribution in [3.63, 3.8) is 0 Å². The van der Waals surface area contributed by atoms with E-state index < -0.39 is 0 Å². The Kier molecular flexibility index (Phi) is 4.40. The SMILES string of the molecule is CNc1cc(NCCc2nncn2C)nc(C(C)(C)C)n1.